The molecule has 0 radical (unpaired) electrons. The molecule has 0 aliphatic carbocycles. The second-order valence-electron chi connectivity index (χ2n) is 6.90. The summed E-state index contributed by atoms with van der Waals surface area (Å²) >= 11 is 3.45. The maximum absolute atomic E-state index is 14.2. The fraction of sp³-hybridized carbons (Fsp3) is 0.286. The first-order chi connectivity index (χ1) is 14.0. The van der Waals surface area contributed by atoms with Crippen LogP contribution in [0.3, 0.4) is 0 Å². The lowest BCUT2D eigenvalue weighted by Gasteiger charge is -2.27. The summed E-state index contributed by atoms with van der Waals surface area (Å²) < 4.78 is 22.8. The van der Waals surface area contributed by atoms with E-state index < -0.39 is 5.82 Å². The average Bonchev–Trinajstić information content (AvgIpc) is 2.97. The van der Waals surface area contributed by atoms with Gasteiger partial charge in [-0.1, -0.05) is 28.1 Å². The second-order valence-corrected chi connectivity index (χ2v) is 7.82. The highest BCUT2D eigenvalue weighted by Gasteiger charge is 2.24. The first-order valence-electron chi connectivity index (χ1n) is 9.33. The lowest BCUT2D eigenvalue weighted by molar-refractivity contribution is 0.0685. The smallest absolute Gasteiger partial charge is 0.255 e. The Morgan fingerprint density at radius 3 is 2.79 bits per heavy atom. The lowest BCUT2D eigenvalue weighted by atomic mass is 10.1. The van der Waals surface area contributed by atoms with E-state index in [0.29, 0.717) is 31.3 Å². The molecule has 150 valence electrons. The molecule has 1 atom stereocenters. The van der Waals surface area contributed by atoms with Crippen molar-refractivity contribution in [3.63, 3.8) is 0 Å². The van der Waals surface area contributed by atoms with Gasteiger partial charge in [0.15, 0.2) is 5.82 Å². The highest BCUT2D eigenvalue weighted by atomic mass is 79.9. The Bertz CT molecular complexity index is 1070. The number of nitrogens with zero attached hydrogens (tertiary/aromatic N) is 4. The van der Waals surface area contributed by atoms with Crippen molar-refractivity contribution < 1.29 is 9.13 Å². The van der Waals surface area contributed by atoms with Gasteiger partial charge >= 0.3 is 0 Å². The average molecular weight is 459 g/mol. The molecule has 29 heavy (non-hydrogen) atoms. The highest BCUT2D eigenvalue weighted by molar-refractivity contribution is 9.10. The van der Waals surface area contributed by atoms with Crippen molar-refractivity contribution >= 4 is 21.9 Å². The molecular weight excluding hydrogens is 439 g/mol. The monoisotopic (exact) mass is 458 g/mol. The highest BCUT2D eigenvalue weighted by Crippen LogP contribution is 2.27. The van der Waals surface area contributed by atoms with Gasteiger partial charge in [-0.3, -0.25) is 14.3 Å². The van der Waals surface area contributed by atoms with Crippen LogP contribution in [0.1, 0.15) is 18.1 Å². The summed E-state index contributed by atoms with van der Waals surface area (Å²) in [6, 6.07) is 10.9. The molecule has 1 aliphatic heterocycles. The molecule has 0 bridgehead atoms. The maximum atomic E-state index is 14.2. The molecule has 0 unspecified atom stereocenters. The molecule has 1 aliphatic rings. The van der Waals surface area contributed by atoms with Crippen molar-refractivity contribution in [2.45, 2.75) is 12.5 Å². The van der Waals surface area contributed by atoms with E-state index in [4.69, 9.17) is 4.74 Å². The van der Waals surface area contributed by atoms with Gasteiger partial charge in [-0.25, -0.2) is 9.37 Å². The summed E-state index contributed by atoms with van der Waals surface area (Å²) in [6.07, 6.45) is 3.26. The summed E-state index contributed by atoms with van der Waals surface area (Å²) in [4.78, 5) is 23.0. The van der Waals surface area contributed by atoms with E-state index in [1.165, 1.54) is 22.9 Å². The predicted octanol–water partition coefficient (Wildman–Crippen LogP) is 3.71. The molecular formula is C21H20BrFN4O2. The third-order valence-corrected chi connectivity index (χ3v) is 5.49. The van der Waals surface area contributed by atoms with Gasteiger partial charge in [-0.2, -0.15) is 0 Å². The van der Waals surface area contributed by atoms with Crippen LogP contribution >= 0.6 is 15.9 Å². The maximum Gasteiger partial charge on any atom is 0.255 e. The van der Waals surface area contributed by atoms with Crippen LogP contribution in [0.4, 0.5) is 10.3 Å². The third-order valence-electron chi connectivity index (χ3n) is 4.96. The standard InChI is InChI=1S/C21H20BrFN4O2/c1-26-20(28)11-18(16-7-8-24-12-17(16)23)25-21(26)27-9-2-10-29-19(13-27)14-3-5-15(22)6-4-14/h3-8,11-12,19H,2,9-10,13H2,1H3/t19-/m0/s1. The molecule has 6 nitrogen and oxygen atoms in total. The number of hydrogen-bond acceptors (Lipinski definition) is 5. The topological polar surface area (TPSA) is 60.2 Å². The summed E-state index contributed by atoms with van der Waals surface area (Å²) in [5.74, 6) is -0.0116. The van der Waals surface area contributed by atoms with Gasteiger partial charge in [0, 0.05) is 42.5 Å². The van der Waals surface area contributed by atoms with E-state index in [1.807, 2.05) is 29.2 Å². The largest absolute Gasteiger partial charge is 0.372 e. The van der Waals surface area contributed by atoms with E-state index >= 15 is 0 Å². The Hall–Kier alpha value is -2.58. The van der Waals surface area contributed by atoms with Crippen LogP contribution in [0, 0.1) is 5.82 Å². The number of rotatable bonds is 3. The van der Waals surface area contributed by atoms with Crippen LogP contribution < -0.4 is 10.5 Å². The number of ether oxygens (including phenoxy) is 1. The third kappa shape index (κ3) is 4.23. The molecule has 1 aromatic carbocycles. The van der Waals surface area contributed by atoms with E-state index in [0.717, 1.165) is 22.7 Å². The van der Waals surface area contributed by atoms with Crippen LogP contribution in [0.5, 0.6) is 0 Å². The Labute approximate surface area is 176 Å². The summed E-state index contributed by atoms with van der Waals surface area (Å²) in [6.45, 7) is 1.85. The fourth-order valence-corrected chi connectivity index (χ4v) is 3.68. The fourth-order valence-electron chi connectivity index (χ4n) is 3.42. The molecule has 0 N–H and O–H groups in total. The molecule has 4 rings (SSSR count). The number of anilines is 1. The van der Waals surface area contributed by atoms with Crippen LogP contribution in [0.2, 0.25) is 0 Å². The summed E-state index contributed by atoms with van der Waals surface area (Å²) in [5.41, 5.74) is 1.37. The number of benzene rings is 1. The molecule has 8 heteroatoms. The van der Waals surface area contributed by atoms with Crippen LogP contribution in [0.15, 0.2) is 58.1 Å². The SMILES string of the molecule is Cn1c(N2CCCO[C@H](c3ccc(Br)cc3)C2)nc(-c2ccncc2F)cc1=O. The molecule has 2 aromatic heterocycles. The molecule has 3 aromatic rings. The van der Waals surface area contributed by atoms with Gasteiger partial charge in [0.2, 0.25) is 5.95 Å². The zero-order valence-corrected chi connectivity index (χ0v) is 17.5. The second kappa shape index (κ2) is 8.42. The number of pyridine rings is 1. The van der Waals surface area contributed by atoms with Crippen LogP contribution in [-0.2, 0) is 11.8 Å². The Kier molecular flexibility index (Phi) is 5.73. The lowest BCUT2D eigenvalue weighted by Crippen LogP contribution is -2.34. The molecule has 0 saturated carbocycles. The molecule has 0 amide bonds. The van der Waals surface area contributed by atoms with Gasteiger partial charge in [0.25, 0.3) is 5.56 Å². The number of aromatic nitrogens is 3. The van der Waals surface area contributed by atoms with Gasteiger partial charge in [-0.15, -0.1) is 0 Å². The molecule has 3 heterocycles. The minimum Gasteiger partial charge on any atom is -0.372 e. The Balaban J connectivity index is 1.71. The zero-order chi connectivity index (χ0) is 20.4. The minimum absolute atomic E-state index is 0.149. The van der Waals surface area contributed by atoms with Crippen molar-refractivity contribution in [1.29, 1.82) is 0 Å². The van der Waals surface area contributed by atoms with Gasteiger partial charge in [0.05, 0.1) is 18.4 Å². The van der Waals surface area contributed by atoms with E-state index in [2.05, 4.69) is 25.9 Å². The minimum atomic E-state index is -0.508. The zero-order valence-electron chi connectivity index (χ0n) is 15.9. The van der Waals surface area contributed by atoms with Gasteiger partial charge < -0.3 is 9.64 Å². The number of halogens is 2. The van der Waals surface area contributed by atoms with E-state index in [-0.39, 0.29) is 17.2 Å². The predicted molar refractivity (Wildman–Crippen MR) is 112 cm³/mol. The van der Waals surface area contributed by atoms with Crippen molar-refractivity contribution in [2.24, 2.45) is 7.05 Å². The van der Waals surface area contributed by atoms with Crippen molar-refractivity contribution in [1.82, 2.24) is 14.5 Å². The molecule has 0 spiro atoms. The van der Waals surface area contributed by atoms with Crippen molar-refractivity contribution in [3.8, 4) is 11.3 Å². The first kappa shape index (κ1) is 19.7. The molecule has 1 saturated heterocycles. The first-order valence-corrected chi connectivity index (χ1v) is 10.1. The number of hydrogen-bond donors (Lipinski definition) is 0. The Morgan fingerprint density at radius 1 is 1.24 bits per heavy atom. The van der Waals surface area contributed by atoms with E-state index in [1.54, 1.807) is 7.05 Å². The van der Waals surface area contributed by atoms with Crippen molar-refractivity contribution in [3.05, 3.63) is 75.0 Å². The quantitative estimate of drug-likeness (QED) is 0.598. The summed E-state index contributed by atoms with van der Waals surface area (Å²) in [5, 5.41) is 0. The van der Waals surface area contributed by atoms with Crippen LogP contribution in [-0.4, -0.2) is 34.2 Å². The van der Waals surface area contributed by atoms with Gasteiger partial charge in [0.1, 0.15) is 6.10 Å². The normalized spacial score (nSPS) is 17.2. The van der Waals surface area contributed by atoms with E-state index in [9.17, 15) is 9.18 Å². The van der Waals surface area contributed by atoms with Gasteiger partial charge in [-0.05, 0) is 30.2 Å². The van der Waals surface area contributed by atoms with Crippen LogP contribution in [0.25, 0.3) is 11.3 Å². The molecule has 1 fully saturated rings. The van der Waals surface area contributed by atoms with Crippen molar-refractivity contribution in [2.75, 3.05) is 24.6 Å². The summed E-state index contributed by atoms with van der Waals surface area (Å²) in [7, 11) is 1.68. The Morgan fingerprint density at radius 2 is 2.03 bits per heavy atom.